The number of ether oxygens (including phenoxy) is 1. The molecule has 2 aromatic carbocycles. The number of methoxy groups -OCH3 is 1. The minimum absolute atomic E-state index is 0.0419. The number of benzene rings is 2. The van der Waals surface area contributed by atoms with Crippen molar-refractivity contribution in [2.45, 2.75) is 6.92 Å². The second-order valence-corrected chi connectivity index (χ2v) is 4.97. The molecule has 98 valence electrons. The topological polar surface area (TPSA) is 26.3 Å². The molecule has 0 aliphatic rings. The van der Waals surface area contributed by atoms with E-state index in [0.29, 0.717) is 11.3 Å². The van der Waals surface area contributed by atoms with E-state index in [9.17, 15) is 9.18 Å². The van der Waals surface area contributed by atoms with Gasteiger partial charge in [0.05, 0.1) is 17.1 Å². The smallest absolute Gasteiger partial charge is 0.196 e. The zero-order valence-corrected chi connectivity index (χ0v) is 12.1. The van der Waals surface area contributed by atoms with Crippen LogP contribution in [0.5, 0.6) is 5.75 Å². The lowest BCUT2D eigenvalue weighted by Crippen LogP contribution is -2.05. The molecule has 0 atom stereocenters. The van der Waals surface area contributed by atoms with Gasteiger partial charge in [-0.2, -0.15) is 0 Å². The van der Waals surface area contributed by atoms with E-state index in [4.69, 9.17) is 4.74 Å². The predicted octanol–water partition coefficient (Wildman–Crippen LogP) is 4.14. The van der Waals surface area contributed by atoms with Crippen LogP contribution in [0.3, 0.4) is 0 Å². The summed E-state index contributed by atoms with van der Waals surface area (Å²) < 4.78 is 19.3. The molecule has 2 nitrogen and oxygen atoms in total. The van der Waals surface area contributed by atoms with Gasteiger partial charge in [0.25, 0.3) is 0 Å². The van der Waals surface area contributed by atoms with Crippen molar-refractivity contribution in [3.63, 3.8) is 0 Å². The molecule has 0 amide bonds. The van der Waals surface area contributed by atoms with E-state index in [1.165, 1.54) is 13.2 Å². The fourth-order valence-electron chi connectivity index (χ4n) is 1.80. The number of hydrogen-bond acceptors (Lipinski definition) is 2. The molecule has 0 unspecified atom stereocenters. The SMILES string of the molecule is COc1cc(C(=O)c2cccc(Br)c2F)ccc1C. The maximum atomic E-state index is 13.9. The highest BCUT2D eigenvalue weighted by atomic mass is 79.9. The van der Waals surface area contributed by atoms with Crippen molar-refractivity contribution in [3.8, 4) is 5.75 Å². The van der Waals surface area contributed by atoms with E-state index in [2.05, 4.69) is 15.9 Å². The Bertz CT molecular complexity index is 638. The molecular weight excluding hydrogens is 311 g/mol. The highest BCUT2D eigenvalue weighted by Crippen LogP contribution is 2.24. The van der Waals surface area contributed by atoms with E-state index < -0.39 is 5.82 Å². The zero-order valence-electron chi connectivity index (χ0n) is 10.5. The van der Waals surface area contributed by atoms with Crippen LogP contribution in [0.4, 0.5) is 4.39 Å². The monoisotopic (exact) mass is 322 g/mol. The average molecular weight is 323 g/mol. The van der Waals surface area contributed by atoms with Gasteiger partial charge in [0.1, 0.15) is 11.6 Å². The lowest BCUT2D eigenvalue weighted by Gasteiger charge is -2.08. The third-order valence-corrected chi connectivity index (χ3v) is 3.48. The van der Waals surface area contributed by atoms with E-state index in [-0.39, 0.29) is 15.8 Å². The predicted molar refractivity (Wildman–Crippen MR) is 75.3 cm³/mol. The number of carbonyl (C=O) groups is 1. The van der Waals surface area contributed by atoms with Gasteiger partial charge in [0.15, 0.2) is 5.78 Å². The first-order chi connectivity index (χ1) is 9.04. The average Bonchev–Trinajstić information content (AvgIpc) is 2.41. The molecule has 0 N–H and O–H groups in total. The Balaban J connectivity index is 2.47. The van der Waals surface area contributed by atoms with Crippen LogP contribution in [-0.4, -0.2) is 12.9 Å². The molecule has 0 aromatic heterocycles. The number of hydrogen-bond donors (Lipinski definition) is 0. The van der Waals surface area contributed by atoms with Crippen molar-refractivity contribution in [2.75, 3.05) is 7.11 Å². The number of carbonyl (C=O) groups excluding carboxylic acids is 1. The fraction of sp³-hybridized carbons (Fsp3) is 0.133. The first-order valence-electron chi connectivity index (χ1n) is 5.68. The van der Waals surface area contributed by atoms with Gasteiger partial charge in [-0.05, 0) is 46.6 Å². The Morgan fingerprint density at radius 3 is 2.68 bits per heavy atom. The second kappa shape index (κ2) is 5.53. The standard InChI is InChI=1S/C15H12BrFO2/c1-9-6-7-10(8-13(9)19-2)15(18)11-4-3-5-12(16)14(11)17/h3-8H,1-2H3. The van der Waals surface area contributed by atoms with Crippen LogP contribution in [0, 0.1) is 12.7 Å². The Labute approximate surface area is 119 Å². The van der Waals surface area contributed by atoms with Crippen LogP contribution in [0.2, 0.25) is 0 Å². The van der Waals surface area contributed by atoms with E-state index >= 15 is 0 Å². The molecular formula is C15H12BrFO2. The Morgan fingerprint density at radius 1 is 1.26 bits per heavy atom. The lowest BCUT2D eigenvalue weighted by atomic mass is 10.0. The third-order valence-electron chi connectivity index (χ3n) is 2.87. The highest BCUT2D eigenvalue weighted by molar-refractivity contribution is 9.10. The molecule has 0 saturated carbocycles. The summed E-state index contributed by atoms with van der Waals surface area (Å²) in [6.45, 7) is 1.88. The van der Waals surface area contributed by atoms with Crippen molar-refractivity contribution in [1.82, 2.24) is 0 Å². The van der Waals surface area contributed by atoms with Crippen LogP contribution >= 0.6 is 15.9 Å². The molecule has 0 bridgehead atoms. The molecule has 2 rings (SSSR count). The summed E-state index contributed by atoms with van der Waals surface area (Å²) in [5.74, 6) is -0.301. The summed E-state index contributed by atoms with van der Waals surface area (Å²) >= 11 is 3.07. The van der Waals surface area contributed by atoms with Gasteiger partial charge in [-0.15, -0.1) is 0 Å². The first kappa shape index (κ1) is 13.7. The summed E-state index contributed by atoms with van der Waals surface area (Å²) in [7, 11) is 1.54. The van der Waals surface area contributed by atoms with Gasteiger partial charge >= 0.3 is 0 Å². The van der Waals surface area contributed by atoms with Crippen LogP contribution in [0.25, 0.3) is 0 Å². The van der Waals surface area contributed by atoms with Gasteiger partial charge in [0.2, 0.25) is 0 Å². The van der Waals surface area contributed by atoms with Gasteiger partial charge in [-0.1, -0.05) is 18.2 Å². The quantitative estimate of drug-likeness (QED) is 0.794. The molecule has 19 heavy (non-hydrogen) atoms. The minimum atomic E-state index is -0.549. The van der Waals surface area contributed by atoms with Gasteiger partial charge in [-0.3, -0.25) is 4.79 Å². The van der Waals surface area contributed by atoms with Crippen LogP contribution < -0.4 is 4.74 Å². The molecule has 2 aromatic rings. The molecule has 4 heteroatoms. The molecule has 0 aliphatic heterocycles. The number of halogens is 2. The summed E-state index contributed by atoms with van der Waals surface area (Å²) in [6.07, 6.45) is 0. The molecule has 0 fully saturated rings. The second-order valence-electron chi connectivity index (χ2n) is 4.11. The lowest BCUT2D eigenvalue weighted by molar-refractivity contribution is 0.103. The van der Waals surface area contributed by atoms with Crippen molar-refractivity contribution in [1.29, 1.82) is 0 Å². The van der Waals surface area contributed by atoms with E-state index in [1.807, 2.05) is 6.92 Å². The van der Waals surface area contributed by atoms with E-state index in [1.54, 1.807) is 30.3 Å². The van der Waals surface area contributed by atoms with Crippen molar-refractivity contribution in [3.05, 3.63) is 63.4 Å². The highest BCUT2D eigenvalue weighted by Gasteiger charge is 2.16. The number of aryl methyl sites for hydroxylation is 1. The number of rotatable bonds is 3. The molecule has 0 saturated heterocycles. The van der Waals surface area contributed by atoms with Gasteiger partial charge in [0, 0.05) is 5.56 Å². The van der Waals surface area contributed by atoms with Crippen LogP contribution in [0.15, 0.2) is 40.9 Å². The van der Waals surface area contributed by atoms with Gasteiger partial charge in [-0.25, -0.2) is 4.39 Å². The normalized spacial score (nSPS) is 10.3. The molecule has 0 heterocycles. The van der Waals surface area contributed by atoms with Crippen LogP contribution in [0.1, 0.15) is 21.5 Å². The summed E-state index contributed by atoms with van der Waals surface area (Å²) in [4.78, 5) is 12.3. The fourth-order valence-corrected chi connectivity index (χ4v) is 2.16. The Morgan fingerprint density at radius 2 is 2.00 bits per heavy atom. The van der Waals surface area contributed by atoms with Crippen LogP contribution in [-0.2, 0) is 0 Å². The molecule has 0 spiro atoms. The maximum Gasteiger partial charge on any atom is 0.196 e. The Hall–Kier alpha value is -1.68. The Kier molecular flexibility index (Phi) is 4.00. The zero-order chi connectivity index (χ0) is 14.0. The van der Waals surface area contributed by atoms with Crippen molar-refractivity contribution < 1.29 is 13.9 Å². The third kappa shape index (κ3) is 2.68. The van der Waals surface area contributed by atoms with Gasteiger partial charge < -0.3 is 4.74 Å². The van der Waals surface area contributed by atoms with Crippen molar-refractivity contribution >= 4 is 21.7 Å². The summed E-state index contributed by atoms with van der Waals surface area (Å²) in [5, 5.41) is 0. The molecule has 0 aliphatic carbocycles. The summed E-state index contributed by atoms with van der Waals surface area (Å²) in [5.41, 5.74) is 1.37. The number of ketones is 1. The van der Waals surface area contributed by atoms with E-state index in [0.717, 1.165) is 5.56 Å². The molecule has 0 radical (unpaired) electrons. The van der Waals surface area contributed by atoms with Crippen molar-refractivity contribution in [2.24, 2.45) is 0 Å². The summed E-state index contributed by atoms with van der Waals surface area (Å²) in [6, 6.07) is 9.73. The largest absolute Gasteiger partial charge is 0.496 e. The first-order valence-corrected chi connectivity index (χ1v) is 6.47. The maximum absolute atomic E-state index is 13.9. The minimum Gasteiger partial charge on any atom is -0.496 e.